The van der Waals surface area contributed by atoms with Crippen molar-refractivity contribution in [3.8, 4) is 11.5 Å². The lowest BCUT2D eigenvalue weighted by Gasteiger charge is -2.32. The minimum atomic E-state index is 0.654. The van der Waals surface area contributed by atoms with E-state index in [1.54, 1.807) is 0 Å². The van der Waals surface area contributed by atoms with Crippen LogP contribution in [0.2, 0.25) is 0 Å². The molecule has 0 bridgehead atoms. The van der Waals surface area contributed by atoms with Crippen LogP contribution in [-0.4, -0.2) is 19.3 Å². The van der Waals surface area contributed by atoms with Gasteiger partial charge < -0.3 is 14.8 Å². The van der Waals surface area contributed by atoms with Gasteiger partial charge in [-0.15, -0.1) is 0 Å². The van der Waals surface area contributed by atoms with E-state index >= 15 is 0 Å². The molecule has 3 nitrogen and oxygen atoms in total. The van der Waals surface area contributed by atoms with Crippen LogP contribution < -0.4 is 14.8 Å². The van der Waals surface area contributed by atoms with E-state index in [4.69, 9.17) is 9.47 Å². The molecule has 20 heavy (non-hydrogen) atoms. The third-order valence-electron chi connectivity index (χ3n) is 4.38. The monoisotopic (exact) mass is 275 g/mol. The highest BCUT2D eigenvalue weighted by molar-refractivity contribution is 5.43. The van der Waals surface area contributed by atoms with E-state index in [2.05, 4.69) is 31.3 Å². The van der Waals surface area contributed by atoms with E-state index in [-0.39, 0.29) is 0 Å². The van der Waals surface area contributed by atoms with Crippen molar-refractivity contribution in [2.24, 2.45) is 11.8 Å². The standard InChI is InChI=1S/C17H25NO2/c1-12-7-13(2)9-15(8-12)18-11-14-3-4-16-17(10-14)20-6-5-19-16/h3-4,10,12-13,15,18H,5-9,11H2,1-2H3. The predicted molar refractivity (Wildman–Crippen MR) is 80.2 cm³/mol. The Morgan fingerprint density at radius 3 is 2.45 bits per heavy atom. The highest BCUT2D eigenvalue weighted by Gasteiger charge is 2.23. The van der Waals surface area contributed by atoms with Gasteiger partial charge in [0.2, 0.25) is 0 Å². The normalized spacial score (nSPS) is 29.2. The summed E-state index contributed by atoms with van der Waals surface area (Å²) in [7, 11) is 0. The van der Waals surface area contributed by atoms with Gasteiger partial charge in [0.15, 0.2) is 11.5 Å². The molecular weight excluding hydrogens is 250 g/mol. The molecule has 1 aliphatic carbocycles. The predicted octanol–water partition coefficient (Wildman–Crippen LogP) is 3.37. The SMILES string of the molecule is CC1CC(C)CC(NCc2ccc3c(c2)OCCO3)C1. The molecule has 3 heteroatoms. The van der Waals surface area contributed by atoms with Gasteiger partial charge in [-0.2, -0.15) is 0 Å². The topological polar surface area (TPSA) is 30.5 Å². The second kappa shape index (κ2) is 6.04. The summed E-state index contributed by atoms with van der Waals surface area (Å²) in [6.07, 6.45) is 3.98. The van der Waals surface area contributed by atoms with Crippen LogP contribution in [0, 0.1) is 11.8 Å². The maximum Gasteiger partial charge on any atom is 0.161 e. The van der Waals surface area contributed by atoms with Crippen LogP contribution in [0.1, 0.15) is 38.7 Å². The van der Waals surface area contributed by atoms with Crippen LogP contribution in [0.25, 0.3) is 0 Å². The molecule has 1 heterocycles. The summed E-state index contributed by atoms with van der Waals surface area (Å²) in [6.45, 7) is 6.97. The van der Waals surface area contributed by atoms with Gasteiger partial charge in [-0.05, 0) is 48.8 Å². The highest BCUT2D eigenvalue weighted by atomic mass is 16.6. The maximum absolute atomic E-state index is 5.64. The van der Waals surface area contributed by atoms with Crippen molar-refractivity contribution in [3.05, 3.63) is 23.8 Å². The molecule has 2 unspecified atom stereocenters. The molecule has 0 aromatic heterocycles. The molecule has 0 saturated heterocycles. The van der Waals surface area contributed by atoms with Crippen molar-refractivity contribution >= 4 is 0 Å². The van der Waals surface area contributed by atoms with E-state index in [9.17, 15) is 0 Å². The first-order valence-electron chi connectivity index (χ1n) is 7.82. The molecule has 1 aliphatic heterocycles. The van der Waals surface area contributed by atoms with Gasteiger partial charge in [-0.25, -0.2) is 0 Å². The van der Waals surface area contributed by atoms with Crippen LogP contribution in [0.3, 0.4) is 0 Å². The Morgan fingerprint density at radius 1 is 1.00 bits per heavy atom. The summed E-state index contributed by atoms with van der Waals surface area (Å²) in [5, 5.41) is 3.71. The molecule has 1 N–H and O–H groups in total. The summed E-state index contributed by atoms with van der Waals surface area (Å²) in [4.78, 5) is 0. The first kappa shape index (κ1) is 13.7. The molecular formula is C17H25NO2. The number of fused-ring (bicyclic) bond motifs is 1. The van der Waals surface area contributed by atoms with Gasteiger partial charge in [0.05, 0.1) is 0 Å². The molecule has 0 amide bonds. The second-order valence-electron chi connectivity index (χ2n) is 6.47. The smallest absolute Gasteiger partial charge is 0.161 e. The fourth-order valence-electron chi connectivity index (χ4n) is 3.57. The van der Waals surface area contributed by atoms with Crippen molar-refractivity contribution in [1.29, 1.82) is 0 Å². The van der Waals surface area contributed by atoms with Gasteiger partial charge in [-0.3, -0.25) is 0 Å². The van der Waals surface area contributed by atoms with Crippen molar-refractivity contribution in [2.75, 3.05) is 13.2 Å². The first-order valence-corrected chi connectivity index (χ1v) is 7.82. The van der Waals surface area contributed by atoms with Crippen molar-refractivity contribution in [2.45, 2.75) is 45.7 Å². The molecule has 2 atom stereocenters. The first-order chi connectivity index (χ1) is 9.70. The largest absolute Gasteiger partial charge is 0.486 e. The second-order valence-corrected chi connectivity index (χ2v) is 6.47. The molecule has 1 aromatic rings. The Kier molecular flexibility index (Phi) is 4.16. The van der Waals surface area contributed by atoms with E-state index in [0.717, 1.165) is 29.9 Å². The Balaban J connectivity index is 1.58. The average Bonchev–Trinajstić information content (AvgIpc) is 2.44. The van der Waals surface area contributed by atoms with Crippen LogP contribution in [0.4, 0.5) is 0 Å². The lowest BCUT2D eigenvalue weighted by molar-refractivity contribution is 0.171. The van der Waals surface area contributed by atoms with Crippen molar-refractivity contribution < 1.29 is 9.47 Å². The molecule has 0 spiro atoms. The summed E-state index contributed by atoms with van der Waals surface area (Å²) >= 11 is 0. The number of rotatable bonds is 3. The Bertz CT molecular complexity index is 450. The molecule has 1 saturated carbocycles. The lowest BCUT2D eigenvalue weighted by Crippen LogP contribution is -2.35. The summed E-state index contributed by atoms with van der Waals surface area (Å²) in [6, 6.07) is 6.92. The van der Waals surface area contributed by atoms with Crippen molar-refractivity contribution in [3.63, 3.8) is 0 Å². The highest BCUT2D eigenvalue weighted by Crippen LogP contribution is 2.31. The zero-order valence-corrected chi connectivity index (χ0v) is 12.5. The van der Waals surface area contributed by atoms with Gasteiger partial charge in [0.25, 0.3) is 0 Å². The molecule has 1 aromatic carbocycles. The van der Waals surface area contributed by atoms with Crippen molar-refractivity contribution in [1.82, 2.24) is 5.32 Å². The van der Waals surface area contributed by atoms with Gasteiger partial charge >= 0.3 is 0 Å². The van der Waals surface area contributed by atoms with Crippen LogP contribution in [0.5, 0.6) is 11.5 Å². The Hall–Kier alpha value is -1.22. The van der Waals surface area contributed by atoms with E-state index in [1.807, 2.05) is 6.07 Å². The number of benzene rings is 1. The number of ether oxygens (including phenoxy) is 2. The molecule has 1 fully saturated rings. The number of hydrogen-bond acceptors (Lipinski definition) is 3. The van der Waals surface area contributed by atoms with Gasteiger partial charge in [-0.1, -0.05) is 19.9 Å². The average molecular weight is 275 g/mol. The zero-order chi connectivity index (χ0) is 13.9. The summed E-state index contributed by atoms with van der Waals surface area (Å²) < 4.78 is 11.2. The van der Waals surface area contributed by atoms with E-state index in [0.29, 0.717) is 19.3 Å². The molecule has 2 aliphatic rings. The molecule has 3 rings (SSSR count). The van der Waals surface area contributed by atoms with Gasteiger partial charge in [0.1, 0.15) is 13.2 Å². The Labute approximate surface area is 121 Å². The third-order valence-corrected chi connectivity index (χ3v) is 4.38. The fraction of sp³-hybridized carbons (Fsp3) is 0.647. The van der Waals surface area contributed by atoms with Gasteiger partial charge in [0, 0.05) is 12.6 Å². The van der Waals surface area contributed by atoms with Crippen LogP contribution in [-0.2, 0) is 6.54 Å². The fourth-order valence-corrected chi connectivity index (χ4v) is 3.57. The minimum Gasteiger partial charge on any atom is -0.486 e. The summed E-state index contributed by atoms with van der Waals surface area (Å²) in [5.74, 6) is 3.45. The Morgan fingerprint density at radius 2 is 1.70 bits per heavy atom. The van der Waals surface area contributed by atoms with E-state index < -0.39 is 0 Å². The number of hydrogen-bond donors (Lipinski definition) is 1. The maximum atomic E-state index is 5.64. The van der Waals surface area contributed by atoms with Crippen LogP contribution in [0.15, 0.2) is 18.2 Å². The molecule has 0 radical (unpaired) electrons. The molecule has 110 valence electrons. The summed E-state index contributed by atoms with van der Waals surface area (Å²) in [5.41, 5.74) is 1.28. The quantitative estimate of drug-likeness (QED) is 0.917. The minimum absolute atomic E-state index is 0.654. The lowest BCUT2D eigenvalue weighted by atomic mass is 9.80. The zero-order valence-electron chi connectivity index (χ0n) is 12.5. The van der Waals surface area contributed by atoms with E-state index in [1.165, 1.54) is 24.8 Å². The van der Waals surface area contributed by atoms with Crippen LogP contribution >= 0.6 is 0 Å². The number of nitrogens with one attached hydrogen (secondary N) is 1. The third kappa shape index (κ3) is 3.26.